The van der Waals surface area contributed by atoms with Crippen LogP contribution in [-0.2, 0) is 36.3 Å². The van der Waals surface area contributed by atoms with Gasteiger partial charge >= 0.3 is 12.1 Å². The fourth-order valence-corrected chi connectivity index (χ4v) is 5.32. The SMILES string of the molecule is O=C(OCc1ccccc1)[C@@H]1CCOS(=O)N1C(=O)OCC1c2ccccc2-c2ccccc21. The summed E-state index contributed by atoms with van der Waals surface area (Å²) >= 11 is -2.14. The first-order valence-electron chi connectivity index (χ1n) is 11.0. The summed E-state index contributed by atoms with van der Waals surface area (Å²) in [5.41, 5.74) is 5.15. The molecule has 3 aromatic carbocycles. The summed E-state index contributed by atoms with van der Waals surface area (Å²) in [4.78, 5) is 25.8. The molecule has 0 radical (unpaired) electrons. The Hall–Kier alpha value is -3.49. The Morgan fingerprint density at radius 1 is 0.882 bits per heavy atom. The number of fused-ring (bicyclic) bond motifs is 3. The van der Waals surface area contributed by atoms with Crippen molar-refractivity contribution in [3.05, 3.63) is 95.6 Å². The lowest BCUT2D eigenvalue weighted by Gasteiger charge is -2.31. The summed E-state index contributed by atoms with van der Waals surface area (Å²) in [6, 6.07) is 24.1. The molecule has 1 aliphatic carbocycles. The van der Waals surface area contributed by atoms with Gasteiger partial charge in [-0.05, 0) is 27.8 Å². The summed E-state index contributed by atoms with van der Waals surface area (Å²) in [6.07, 6.45) is -0.703. The molecule has 0 aromatic heterocycles. The number of nitrogens with zero attached hydrogens (tertiary/aromatic N) is 1. The lowest BCUT2D eigenvalue weighted by atomic mass is 9.98. The highest BCUT2D eigenvalue weighted by atomic mass is 32.2. The number of benzene rings is 3. The van der Waals surface area contributed by atoms with Crippen LogP contribution in [0.5, 0.6) is 0 Å². The van der Waals surface area contributed by atoms with Crippen LogP contribution in [0.1, 0.15) is 29.0 Å². The van der Waals surface area contributed by atoms with E-state index in [1.807, 2.05) is 78.9 Å². The molecule has 34 heavy (non-hydrogen) atoms. The molecule has 2 atom stereocenters. The molecule has 1 unspecified atom stereocenters. The predicted octanol–water partition coefficient (Wildman–Crippen LogP) is 4.35. The molecule has 1 aliphatic heterocycles. The zero-order chi connectivity index (χ0) is 23.5. The first-order valence-corrected chi connectivity index (χ1v) is 12.1. The highest BCUT2D eigenvalue weighted by Gasteiger charge is 2.41. The Balaban J connectivity index is 1.29. The molecule has 7 nitrogen and oxygen atoms in total. The Morgan fingerprint density at radius 2 is 1.50 bits per heavy atom. The number of hydrogen-bond donors (Lipinski definition) is 0. The quantitative estimate of drug-likeness (QED) is 0.508. The maximum atomic E-state index is 13.0. The van der Waals surface area contributed by atoms with E-state index in [2.05, 4.69) is 0 Å². The average Bonchev–Trinajstić information content (AvgIpc) is 3.20. The van der Waals surface area contributed by atoms with E-state index in [9.17, 15) is 13.8 Å². The minimum absolute atomic E-state index is 0.0480. The molecule has 0 saturated carbocycles. The molecule has 5 rings (SSSR count). The molecule has 174 valence electrons. The summed E-state index contributed by atoms with van der Waals surface area (Å²) < 4.78 is 29.5. The molecule has 1 amide bonds. The zero-order valence-electron chi connectivity index (χ0n) is 18.3. The summed E-state index contributed by atoms with van der Waals surface area (Å²) in [5.74, 6) is -0.798. The minimum Gasteiger partial charge on any atom is -0.459 e. The molecule has 1 heterocycles. The van der Waals surface area contributed by atoms with Crippen molar-refractivity contribution < 1.29 is 27.5 Å². The smallest absolute Gasteiger partial charge is 0.424 e. The number of carbonyl (C=O) groups excluding carboxylic acids is 2. The van der Waals surface area contributed by atoms with Crippen molar-refractivity contribution >= 4 is 23.3 Å². The van der Waals surface area contributed by atoms with E-state index in [0.29, 0.717) is 0 Å². The second kappa shape index (κ2) is 9.79. The van der Waals surface area contributed by atoms with E-state index < -0.39 is 29.4 Å². The zero-order valence-corrected chi connectivity index (χ0v) is 19.1. The molecule has 8 heteroatoms. The summed E-state index contributed by atoms with van der Waals surface area (Å²) in [5, 5.41) is 0. The third-order valence-electron chi connectivity index (χ3n) is 6.03. The van der Waals surface area contributed by atoms with Gasteiger partial charge in [0.15, 0.2) is 6.04 Å². The van der Waals surface area contributed by atoms with Crippen molar-refractivity contribution in [2.75, 3.05) is 13.2 Å². The van der Waals surface area contributed by atoms with Crippen LogP contribution >= 0.6 is 0 Å². The molecule has 2 aliphatic rings. The van der Waals surface area contributed by atoms with E-state index in [4.69, 9.17) is 13.7 Å². The first-order chi connectivity index (χ1) is 16.6. The third kappa shape index (κ3) is 4.34. The molecule has 1 fully saturated rings. The maximum Gasteiger partial charge on any atom is 0.424 e. The number of amides is 1. The summed E-state index contributed by atoms with van der Waals surface area (Å²) in [6.45, 7) is 0.180. The number of rotatable bonds is 5. The van der Waals surface area contributed by atoms with Crippen LogP contribution in [0.2, 0.25) is 0 Å². The van der Waals surface area contributed by atoms with E-state index in [0.717, 1.165) is 32.1 Å². The number of ether oxygens (including phenoxy) is 2. The molecule has 3 aromatic rings. The van der Waals surface area contributed by atoms with Crippen molar-refractivity contribution in [1.29, 1.82) is 0 Å². The Morgan fingerprint density at radius 3 is 2.18 bits per heavy atom. The Kier molecular flexibility index (Phi) is 6.42. The van der Waals surface area contributed by atoms with Gasteiger partial charge in [0.05, 0.1) is 6.61 Å². The first kappa shape index (κ1) is 22.3. The van der Waals surface area contributed by atoms with Gasteiger partial charge in [-0.15, -0.1) is 0 Å². The van der Waals surface area contributed by atoms with Crippen molar-refractivity contribution in [1.82, 2.24) is 4.31 Å². The van der Waals surface area contributed by atoms with E-state index in [-0.39, 0.29) is 32.2 Å². The monoisotopic (exact) mass is 477 g/mol. The van der Waals surface area contributed by atoms with E-state index >= 15 is 0 Å². The van der Waals surface area contributed by atoms with E-state index in [1.54, 1.807) is 0 Å². The normalized spacial score (nSPS) is 19.2. The van der Waals surface area contributed by atoms with Gasteiger partial charge < -0.3 is 9.47 Å². The number of hydrogen-bond acceptors (Lipinski definition) is 6. The van der Waals surface area contributed by atoms with Gasteiger partial charge in [0.25, 0.3) is 11.3 Å². The van der Waals surface area contributed by atoms with Gasteiger partial charge in [0, 0.05) is 12.3 Å². The van der Waals surface area contributed by atoms with Crippen molar-refractivity contribution in [3.63, 3.8) is 0 Å². The van der Waals surface area contributed by atoms with Crippen LogP contribution in [0.4, 0.5) is 4.79 Å². The predicted molar refractivity (Wildman–Crippen MR) is 126 cm³/mol. The fourth-order valence-electron chi connectivity index (χ4n) is 4.39. The maximum absolute atomic E-state index is 13.0. The molecule has 0 spiro atoms. The highest BCUT2D eigenvalue weighted by molar-refractivity contribution is 7.78. The van der Waals surface area contributed by atoms with Crippen molar-refractivity contribution in [2.45, 2.75) is 25.0 Å². The minimum atomic E-state index is -2.14. The van der Waals surface area contributed by atoms with Crippen LogP contribution in [0.3, 0.4) is 0 Å². The Labute approximate surface area is 200 Å². The van der Waals surface area contributed by atoms with Crippen LogP contribution < -0.4 is 0 Å². The van der Waals surface area contributed by atoms with Gasteiger partial charge in [-0.25, -0.2) is 13.8 Å². The van der Waals surface area contributed by atoms with Crippen molar-refractivity contribution in [2.24, 2.45) is 0 Å². The topological polar surface area (TPSA) is 82.1 Å². The van der Waals surface area contributed by atoms with Crippen molar-refractivity contribution in [3.8, 4) is 11.1 Å². The average molecular weight is 478 g/mol. The summed E-state index contributed by atoms with van der Waals surface area (Å²) in [7, 11) is 0. The molecular weight excluding hydrogens is 454 g/mol. The van der Waals surface area contributed by atoms with Crippen LogP contribution in [0.15, 0.2) is 78.9 Å². The third-order valence-corrected chi connectivity index (χ3v) is 7.12. The van der Waals surface area contributed by atoms with Gasteiger partial charge in [-0.2, -0.15) is 4.31 Å². The number of esters is 1. The second-order valence-corrected chi connectivity index (χ2v) is 9.13. The Bertz CT molecular complexity index is 1190. The molecular formula is C26H23NO6S. The van der Waals surface area contributed by atoms with Crippen LogP contribution in [0, 0.1) is 0 Å². The fraction of sp³-hybridized carbons (Fsp3) is 0.231. The highest BCUT2D eigenvalue weighted by Crippen LogP contribution is 2.44. The standard InChI is InChI=1S/C26H23NO6S/c28-25(31-16-18-8-2-1-3-9-18)24-14-15-33-34(30)27(24)26(29)32-17-23-21-12-6-4-10-19(21)20-11-5-7-13-22(20)23/h1-13,23-24H,14-17H2/t24-,34?/m0/s1. The lowest BCUT2D eigenvalue weighted by molar-refractivity contribution is -0.150. The second-order valence-electron chi connectivity index (χ2n) is 8.07. The lowest BCUT2D eigenvalue weighted by Crippen LogP contribution is -2.51. The molecule has 0 N–H and O–H groups in total. The molecule has 1 saturated heterocycles. The number of carbonyl (C=O) groups is 2. The van der Waals surface area contributed by atoms with Gasteiger partial charge in [0.2, 0.25) is 0 Å². The van der Waals surface area contributed by atoms with Crippen LogP contribution in [0.25, 0.3) is 11.1 Å². The molecule has 0 bridgehead atoms. The van der Waals surface area contributed by atoms with Gasteiger partial charge in [0.1, 0.15) is 13.2 Å². The van der Waals surface area contributed by atoms with Gasteiger partial charge in [-0.3, -0.25) is 4.18 Å². The largest absolute Gasteiger partial charge is 0.459 e. The van der Waals surface area contributed by atoms with E-state index in [1.165, 1.54) is 0 Å². The van der Waals surface area contributed by atoms with Crippen LogP contribution in [-0.4, -0.2) is 39.8 Å². The van der Waals surface area contributed by atoms with Gasteiger partial charge in [-0.1, -0.05) is 78.9 Å².